The molecule has 2 rings (SSSR count). The van der Waals surface area contributed by atoms with Gasteiger partial charge in [0.15, 0.2) is 5.96 Å². The first-order chi connectivity index (χ1) is 11.7. The third kappa shape index (κ3) is 6.53. The molecule has 0 aliphatic rings. The zero-order valence-electron chi connectivity index (χ0n) is 15.0. The summed E-state index contributed by atoms with van der Waals surface area (Å²) in [6, 6.07) is 13.6. The summed E-state index contributed by atoms with van der Waals surface area (Å²) in [4.78, 5) is 5.08. The number of benzene rings is 1. The maximum absolute atomic E-state index is 11.3. The van der Waals surface area contributed by atoms with Crippen molar-refractivity contribution in [2.75, 3.05) is 13.6 Å². The lowest BCUT2D eigenvalue weighted by molar-refractivity contribution is 0.508. The number of aliphatic imine (C=N–C) groups is 1. The van der Waals surface area contributed by atoms with E-state index < -0.39 is 10.0 Å². The molecule has 144 valence electrons. The van der Waals surface area contributed by atoms with Crippen molar-refractivity contribution < 1.29 is 8.42 Å². The van der Waals surface area contributed by atoms with E-state index in [0.717, 1.165) is 16.2 Å². The Morgan fingerprint density at radius 1 is 1.15 bits per heavy atom. The van der Waals surface area contributed by atoms with Gasteiger partial charge in [-0.2, -0.15) is 0 Å². The van der Waals surface area contributed by atoms with Gasteiger partial charge in [-0.25, -0.2) is 13.6 Å². The zero-order chi connectivity index (χ0) is 18.5. The lowest BCUT2D eigenvalue weighted by Gasteiger charge is -2.26. The summed E-state index contributed by atoms with van der Waals surface area (Å²) < 4.78 is 22.8. The highest BCUT2D eigenvalue weighted by Gasteiger charge is 2.20. The van der Waals surface area contributed by atoms with Gasteiger partial charge in [0, 0.05) is 23.9 Å². The van der Waals surface area contributed by atoms with Gasteiger partial charge >= 0.3 is 0 Å². The Hall–Kier alpha value is -1.17. The van der Waals surface area contributed by atoms with Crippen LogP contribution in [0.1, 0.15) is 24.3 Å². The summed E-state index contributed by atoms with van der Waals surface area (Å²) >= 11 is 1.15. The van der Waals surface area contributed by atoms with Gasteiger partial charge in [-0.3, -0.25) is 4.99 Å². The van der Waals surface area contributed by atoms with Gasteiger partial charge in [0.25, 0.3) is 0 Å². The highest BCUT2D eigenvalue weighted by molar-refractivity contribution is 14.0. The van der Waals surface area contributed by atoms with E-state index in [9.17, 15) is 8.42 Å². The van der Waals surface area contributed by atoms with Crippen LogP contribution in [0.25, 0.3) is 0 Å². The first-order valence-electron chi connectivity index (χ1n) is 7.84. The monoisotopic (exact) mass is 508 g/mol. The summed E-state index contributed by atoms with van der Waals surface area (Å²) in [7, 11) is -1.94. The van der Waals surface area contributed by atoms with Crippen molar-refractivity contribution in [2.24, 2.45) is 10.1 Å². The number of primary sulfonamides is 1. The van der Waals surface area contributed by atoms with E-state index >= 15 is 0 Å². The molecule has 2 aromatic rings. The number of hydrogen-bond donors (Lipinski definition) is 3. The van der Waals surface area contributed by atoms with Crippen LogP contribution in [0.3, 0.4) is 0 Å². The number of nitrogens with zero attached hydrogens (tertiary/aromatic N) is 1. The largest absolute Gasteiger partial charge is 0.356 e. The topological polar surface area (TPSA) is 96.6 Å². The second-order valence-electron chi connectivity index (χ2n) is 6.29. The third-order valence-corrected chi connectivity index (χ3v) is 6.35. The summed E-state index contributed by atoms with van der Waals surface area (Å²) in [5, 5.41) is 11.6. The van der Waals surface area contributed by atoms with Crippen LogP contribution in [0.15, 0.2) is 51.7 Å². The number of rotatable bonds is 6. The average Bonchev–Trinajstić information content (AvgIpc) is 3.05. The van der Waals surface area contributed by atoms with Crippen molar-refractivity contribution >= 4 is 51.3 Å². The van der Waals surface area contributed by atoms with Gasteiger partial charge in [-0.05, 0) is 17.7 Å². The van der Waals surface area contributed by atoms with Crippen LogP contribution in [0.5, 0.6) is 0 Å². The molecule has 26 heavy (non-hydrogen) atoms. The van der Waals surface area contributed by atoms with Crippen LogP contribution in [0.4, 0.5) is 0 Å². The minimum atomic E-state index is -3.64. The van der Waals surface area contributed by atoms with Gasteiger partial charge in [0.2, 0.25) is 10.0 Å². The zero-order valence-corrected chi connectivity index (χ0v) is 19.0. The number of sulfonamides is 1. The number of guanidine groups is 1. The van der Waals surface area contributed by atoms with Gasteiger partial charge in [-0.1, -0.05) is 44.2 Å². The highest BCUT2D eigenvalue weighted by atomic mass is 127. The highest BCUT2D eigenvalue weighted by Crippen LogP contribution is 2.22. The first-order valence-corrected chi connectivity index (χ1v) is 10.2. The molecule has 0 radical (unpaired) electrons. The smallest absolute Gasteiger partial charge is 0.247 e. The Balaban J connectivity index is 0.00000338. The Morgan fingerprint density at radius 3 is 2.35 bits per heavy atom. The van der Waals surface area contributed by atoms with Crippen molar-refractivity contribution in [3.63, 3.8) is 0 Å². The van der Waals surface area contributed by atoms with E-state index in [1.807, 2.05) is 18.2 Å². The molecule has 1 aromatic carbocycles. The molecule has 0 saturated carbocycles. The number of hydrogen-bond acceptors (Lipinski definition) is 4. The molecular weight excluding hydrogens is 483 g/mol. The maximum Gasteiger partial charge on any atom is 0.247 e. The second kappa shape index (κ2) is 9.67. The fraction of sp³-hybridized carbons (Fsp3) is 0.353. The fourth-order valence-corrected chi connectivity index (χ4v) is 4.01. The first kappa shape index (κ1) is 22.9. The minimum Gasteiger partial charge on any atom is -0.356 e. The Bertz CT molecular complexity index is 833. The number of halogens is 1. The van der Waals surface area contributed by atoms with Crippen LogP contribution in [-0.4, -0.2) is 28.0 Å². The van der Waals surface area contributed by atoms with E-state index in [1.54, 1.807) is 13.1 Å². The molecule has 0 fully saturated rings. The molecule has 0 amide bonds. The predicted molar refractivity (Wildman–Crippen MR) is 119 cm³/mol. The molecule has 6 nitrogen and oxygen atoms in total. The van der Waals surface area contributed by atoms with E-state index in [0.29, 0.717) is 19.0 Å². The van der Waals surface area contributed by atoms with Gasteiger partial charge in [0.1, 0.15) is 4.21 Å². The third-order valence-electron chi connectivity index (χ3n) is 3.82. The Kier molecular flexibility index (Phi) is 8.51. The Labute approximate surface area is 176 Å². The van der Waals surface area contributed by atoms with E-state index in [1.165, 1.54) is 11.6 Å². The molecule has 9 heteroatoms. The predicted octanol–water partition coefficient (Wildman–Crippen LogP) is 2.66. The lowest BCUT2D eigenvalue weighted by Crippen LogP contribution is -2.43. The second-order valence-corrected chi connectivity index (χ2v) is 9.25. The van der Waals surface area contributed by atoms with Gasteiger partial charge in [-0.15, -0.1) is 35.3 Å². The molecule has 0 bridgehead atoms. The molecule has 0 saturated heterocycles. The minimum absolute atomic E-state index is 0. The Morgan fingerprint density at radius 2 is 1.81 bits per heavy atom. The molecule has 0 aliphatic heterocycles. The van der Waals surface area contributed by atoms with Crippen molar-refractivity contribution in [3.8, 4) is 0 Å². The molecular formula is C17H25IN4O2S2. The van der Waals surface area contributed by atoms with Crippen LogP contribution < -0.4 is 15.8 Å². The molecule has 0 unspecified atom stereocenters. The normalized spacial score (nSPS) is 12.4. The molecule has 0 spiro atoms. The summed E-state index contributed by atoms with van der Waals surface area (Å²) in [6.45, 7) is 5.52. The van der Waals surface area contributed by atoms with Gasteiger partial charge in [0.05, 0.1) is 6.54 Å². The van der Waals surface area contributed by atoms with Crippen LogP contribution in [-0.2, 0) is 22.0 Å². The lowest BCUT2D eigenvalue weighted by atomic mass is 9.85. The van der Waals surface area contributed by atoms with E-state index in [-0.39, 0.29) is 33.6 Å². The average molecular weight is 508 g/mol. The van der Waals surface area contributed by atoms with Crippen molar-refractivity contribution in [1.82, 2.24) is 10.6 Å². The van der Waals surface area contributed by atoms with Crippen LogP contribution in [0.2, 0.25) is 0 Å². The van der Waals surface area contributed by atoms with Gasteiger partial charge < -0.3 is 10.6 Å². The molecule has 0 atom stereocenters. The summed E-state index contributed by atoms with van der Waals surface area (Å²) in [6.07, 6.45) is 0. The maximum atomic E-state index is 11.3. The molecule has 1 heterocycles. The summed E-state index contributed by atoms with van der Waals surface area (Å²) in [5.74, 6) is 0.662. The van der Waals surface area contributed by atoms with E-state index in [4.69, 9.17) is 5.14 Å². The molecule has 1 aromatic heterocycles. The summed E-state index contributed by atoms with van der Waals surface area (Å²) in [5.41, 5.74) is 1.19. The van der Waals surface area contributed by atoms with Crippen LogP contribution >= 0.6 is 35.3 Å². The number of thiophene rings is 1. The number of nitrogens with one attached hydrogen (secondary N) is 2. The van der Waals surface area contributed by atoms with Crippen molar-refractivity contribution in [3.05, 3.63) is 52.9 Å². The number of nitrogens with two attached hydrogens (primary N) is 1. The van der Waals surface area contributed by atoms with E-state index in [2.05, 4.69) is 41.6 Å². The SMILES string of the molecule is CN=C(NCc1ccc(S(N)(=O)=O)s1)NCC(C)(C)c1ccccc1.I. The van der Waals surface area contributed by atoms with Crippen molar-refractivity contribution in [1.29, 1.82) is 0 Å². The fourth-order valence-electron chi connectivity index (χ4n) is 2.29. The molecule has 0 aliphatic carbocycles. The van der Waals surface area contributed by atoms with Crippen molar-refractivity contribution in [2.45, 2.75) is 30.0 Å². The quantitative estimate of drug-likeness (QED) is 0.318. The van der Waals surface area contributed by atoms with Crippen LogP contribution in [0, 0.1) is 0 Å². The molecule has 4 N–H and O–H groups in total. The standard InChI is InChI=1S/C17H24N4O2S2.HI/c1-17(2,13-7-5-4-6-8-13)12-21-16(19-3)20-11-14-9-10-15(24-14)25(18,22)23;/h4-10H,11-12H2,1-3H3,(H2,18,22,23)(H2,19,20,21);1H.